The zero-order valence-corrected chi connectivity index (χ0v) is 16.1. The number of carbonyl (C=O) groups is 1. The van der Waals surface area contributed by atoms with Gasteiger partial charge in [0.25, 0.3) is 0 Å². The van der Waals surface area contributed by atoms with Crippen LogP contribution in [0.3, 0.4) is 0 Å². The van der Waals surface area contributed by atoms with E-state index in [0.29, 0.717) is 24.7 Å². The second-order valence-corrected chi connectivity index (χ2v) is 7.20. The van der Waals surface area contributed by atoms with E-state index in [1.807, 2.05) is 31.2 Å². The zero-order valence-electron chi connectivity index (χ0n) is 16.1. The highest BCUT2D eigenvalue weighted by Crippen LogP contribution is 2.25. The molecule has 0 spiro atoms. The lowest BCUT2D eigenvalue weighted by molar-refractivity contribution is -0.159. The predicted octanol–water partition coefficient (Wildman–Crippen LogP) is 2.93. The Morgan fingerprint density at radius 1 is 1.19 bits per heavy atom. The van der Waals surface area contributed by atoms with Crippen molar-refractivity contribution in [3.8, 4) is 11.5 Å². The van der Waals surface area contributed by atoms with Gasteiger partial charge in [-0.2, -0.15) is 0 Å². The molecule has 0 radical (unpaired) electrons. The first kappa shape index (κ1) is 20.5. The van der Waals surface area contributed by atoms with E-state index in [4.69, 9.17) is 24.7 Å². The van der Waals surface area contributed by atoms with Gasteiger partial charge < -0.3 is 24.7 Å². The molecule has 1 aromatic rings. The summed E-state index contributed by atoms with van der Waals surface area (Å²) in [5.74, 6) is 1.46. The summed E-state index contributed by atoms with van der Waals surface area (Å²) in [4.78, 5) is 12.1. The van der Waals surface area contributed by atoms with Gasteiger partial charge in [0.2, 0.25) is 0 Å². The summed E-state index contributed by atoms with van der Waals surface area (Å²) in [7, 11) is 1.62. The fourth-order valence-electron chi connectivity index (χ4n) is 2.94. The van der Waals surface area contributed by atoms with E-state index in [1.165, 1.54) is 0 Å². The minimum atomic E-state index is -0.595. The lowest BCUT2D eigenvalue weighted by atomic mass is 10.0. The lowest BCUT2D eigenvalue weighted by Crippen LogP contribution is -2.45. The molecule has 26 heavy (non-hydrogen) atoms. The molecule has 0 aromatic heterocycles. The SMILES string of the molecule is COc1ccc(O[C@H]2[C@H](C)OC(=O)[C@@H](N)CCC[C@@H]2OCC(C)C)cc1. The van der Waals surface area contributed by atoms with Gasteiger partial charge in [0.05, 0.1) is 13.2 Å². The van der Waals surface area contributed by atoms with Crippen LogP contribution in [0.25, 0.3) is 0 Å². The van der Waals surface area contributed by atoms with Crippen LogP contribution in [0.15, 0.2) is 24.3 Å². The number of ether oxygens (including phenoxy) is 4. The highest BCUT2D eigenvalue weighted by molar-refractivity contribution is 5.75. The molecule has 0 bridgehead atoms. The van der Waals surface area contributed by atoms with Gasteiger partial charge in [-0.05, 0) is 56.4 Å². The summed E-state index contributed by atoms with van der Waals surface area (Å²) < 4.78 is 23.1. The summed E-state index contributed by atoms with van der Waals surface area (Å²) in [5, 5.41) is 0. The minimum absolute atomic E-state index is 0.174. The van der Waals surface area contributed by atoms with Gasteiger partial charge >= 0.3 is 5.97 Å². The summed E-state index contributed by atoms with van der Waals surface area (Å²) in [6.45, 7) is 6.66. The molecule has 2 N–H and O–H groups in total. The Hall–Kier alpha value is -1.79. The number of hydrogen-bond donors (Lipinski definition) is 1. The van der Waals surface area contributed by atoms with Gasteiger partial charge in [-0.1, -0.05) is 13.8 Å². The van der Waals surface area contributed by atoms with Crippen LogP contribution < -0.4 is 15.2 Å². The highest BCUT2D eigenvalue weighted by Gasteiger charge is 2.35. The fraction of sp³-hybridized carbons (Fsp3) is 0.650. The van der Waals surface area contributed by atoms with Crippen LogP contribution in [-0.2, 0) is 14.3 Å². The van der Waals surface area contributed by atoms with E-state index in [2.05, 4.69) is 13.8 Å². The van der Waals surface area contributed by atoms with Crippen LogP contribution in [0.5, 0.6) is 11.5 Å². The van der Waals surface area contributed by atoms with E-state index < -0.39 is 18.2 Å². The monoisotopic (exact) mass is 365 g/mol. The van der Waals surface area contributed by atoms with Crippen molar-refractivity contribution in [2.24, 2.45) is 11.7 Å². The molecule has 1 aliphatic rings. The van der Waals surface area contributed by atoms with E-state index in [1.54, 1.807) is 7.11 Å². The first-order valence-corrected chi connectivity index (χ1v) is 9.29. The van der Waals surface area contributed by atoms with Crippen LogP contribution in [0.1, 0.15) is 40.0 Å². The van der Waals surface area contributed by atoms with Gasteiger partial charge in [0, 0.05) is 6.61 Å². The molecule has 146 valence electrons. The maximum Gasteiger partial charge on any atom is 0.323 e. The van der Waals surface area contributed by atoms with E-state index in [9.17, 15) is 4.79 Å². The number of hydrogen-bond acceptors (Lipinski definition) is 6. The summed E-state index contributed by atoms with van der Waals surface area (Å²) in [6, 6.07) is 6.75. The maximum atomic E-state index is 12.1. The average molecular weight is 365 g/mol. The van der Waals surface area contributed by atoms with E-state index in [0.717, 1.165) is 18.6 Å². The number of benzene rings is 1. The fourth-order valence-corrected chi connectivity index (χ4v) is 2.94. The minimum Gasteiger partial charge on any atom is -0.497 e. The Bertz CT molecular complexity index is 560. The number of carbonyl (C=O) groups excluding carboxylic acids is 1. The molecule has 1 heterocycles. The Balaban J connectivity index is 2.19. The molecule has 0 aliphatic carbocycles. The third-order valence-corrected chi connectivity index (χ3v) is 4.41. The number of rotatable bonds is 6. The Morgan fingerprint density at radius 2 is 1.85 bits per heavy atom. The summed E-state index contributed by atoms with van der Waals surface area (Å²) >= 11 is 0. The second-order valence-electron chi connectivity index (χ2n) is 7.20. The molecule has 1 aliphatic heterocycles. The number of esters is 1. The predicted molar refractivity (Wildman–Crippen MR) is 99.4 cm³/mol. The quantitative estimate of drug-likeness (QED) is 0.781. The number of methoxy groups -OCH3 is 1. The smallest absolute Gasteiger partial charge is 0.323 e. The molecule has 4 atom stereocenters. The van der Waals surface area contributed by atoms with Crippen molar-refractivity contribution in [3.05, 3.63) is 24.3 Å². The van der Waals surface area contributed by atoms with Gasteiger partial charge in [-0.25, -0.2) is 0 Å². The van der Waals surface area contributed by atoms with E-state index in [-0.39, 0.29) is 12.1 Å². The molecule has 0 saturated carbocycles. The maximum absolute atomic E-state index is 12.1. The van der Waals surface area contributed by atoms with Crippen LogP contribution in [0.4, 0.5) is 0 Å². The Morgan fingerprint density at radius 3 is 2.46 bits per heavy atom. The Kier molecular flexibility index (Phi) is 7.72. The van der Waals surface area contributed by atoms with Crippen molar-refractivity contribution < 1.29 is 23.7 Å². The molecular weight excluding hydrogens is 334 g/mol. The van der Waals surface area contributed by atoms with Crippen molar-refractivity contribution in [2.75, 3.05) is 13.7 Å². The molecule has 2 rings (SSSR count). The topological polar surface area (TPSA) is 80.0 Å². The second kappa shape index (κ2) is 9.78. The largest absolute Gasteiger partial charge is 0.497 e. The highest BCUT2D eigenvalue weighted by atomic mass is 16.6. The molecule has 1 aromatic carbocycles. The zero-order chi connectivity index (χ0) is 19.1. The number of nitrogens with two attached hydrogens (primary N) is 1. The molecule has 1 fully saturated rings. The Labute approximate surface area is 155 Å². The summed E-state index contributed by atoms with van der Waals surface area (Å²) in [6.07, 6.45) is 1.09. The van der Waals surface area contributed by atoms with Gasteiger partial charge in [0.1, 0.15) is 23.6 Å². The molecule has 6 nitrogen and oxygen atoms in total. The van der Waals surface area contributed by atoms with Crippen LogP contribution in [0.2, 0.25) is 0 Å². The van der Waals surface area contributed by atoms with Gasteiger partial charge in [0.15, 0.2) is 6.10 Å². The van der Waals surface area contributed by atoms with Crippen molar-refractivity contribution in [3.63, 3.8) is 0 Å². The molecular formula is C20H31NO5. The van der Waals surface area contributed by atoms with Crippen molar-refractivity contribution in [1.82, 2.24) is 0 Å². The van der Waals surface area contributed by atoms with Crippen LogP contribution in [0, 0.1) is 5.92 Å². The molecule has 6 heteroatoms. The number of cyclic esters (lactones) is 1. The molecule has 0 amide bonds. The first-order valence-electron chi connectivity index (χ1n) is 9.29. The van der Waals surface area contributed by atoms with Crippen LogP contribution >= 0.6 is 0 Å². The van der Waals surface area contributed by atoms with Crippen LogP contribution in [-0.4, -0.2) is 44.0 Å². The normalized spacial score (nSPS) is 27.2. The van der Waals surface area contributed by atoms with Gasteiger partial charge in [-0.15, -0.1) is 0 Å². The molecule has 0 unspecified atom stereocenters. The van der Waals surface area contributed by atoms with Crippen molar-refractivity contribution in [1.29, 1.82) is 0 Å². The third-order valence-electron chi connectivity index (χ3n) is 4.41. The standard InChI is InChI=1S/C20H31NO5/c1-13(2)12-24-18-7-5-6-17(21)20(22)25-14(3)19(18)26-16-10-8-15(23-4)9-11-16/h8-11,13-14,17-19H,5-7,12,21H2,1-4H3/t14-,17-,18-,19-/m0/s1. The molecule has 1 saturated heterocycles. The third kappa shape index (κ3) is 5.88. The lowest BCUT2D eigenvalue weighted by Gasteiger charge is -2.32. The summed E-state index contributed by atoms with van der Waals surface area (Å²) in [5.41, 5.74) is 5.91. The van der Waals surface area contributed by atoms with Crippen molar-refractivity contribution in [2.45, 2.75) is 64.4 Å². The van der Waals surface area contributed by atoms with Crippen molar-refractivity contribution >= 4 is 5.97 Å². The van der Waals surface area contributed by atoms with Gasteiger partial charge in [-0.3, -0.25) is 4.79 Å². The van der Waals surface area contributed by atoms with E-state index >= 15 is 0 Å². The average Bonchev–Trinajstić information content (AvgIpc) is 2.66. The first-order chi connectivity index (χ1) is 12.4.